The molecule has 34 heavy (non-hydrogen) atoms. The van der Waals surface area contributed by atoms with Crippen molar-refractivity contribution < 1.29 is 57.1 Å². The fourth-order valence-electron chi connectivity index (χ4n) is 1.51. The highest BCUT2D eigenvalue weighted by Gasteiger charge is 2.05. The number of rotatable bonds is 16. The van der Waals surface area contributed by atoms with E-state index in [0.717, 1.165) is 18.2 Å². The first-order valence-corrected chi connectivity index (χ1v) is 10.4. The van der Waals surface area contributed by atoms with E-state index < -0.39 is 37.0 Å². The van der Waals surface area contributed by atoms with E-state index >= 15 is 0 Å². The van der Waals surface area contributed by atoms with Crippen LogP contribution in [0.3, 0.4) is 0 Å². The first-order valence-electron chi connectivity index (χ1n) is 9.83. The molecular formula is C21H29ClO12. The maximum Gasteiger partial charge on any atom is 0.511 e. The molecule has 0 heterocycles. The number of unbranched alkanes of at least 4 members (excludes halogenated alkanes) is 2. The minimum absolute atomic E-state index is 0.111. The standard InChI is InChI=1S/C12H16O7.C9H13ClO5/c1-3-10(13)16-7-5-6-8-17-12(15)19-9-18-11(14)4-2;1-2-8(11)13-5-3-4-6-14-9(12)15-7-10/h3-4H,1-2,5-9H2;2H,1,3-7H2. The van der Waals surface area contributed by atoms with Crippen LogP contribution < -0.4 is 0 Å². The number of esters is 3. The molecule has 0 aromatic heterocycles. The number of ether oxygens (including phenoxy) is 7. The van der Waals surface area contributed by atoms with E-state index in [9.17, 15) is 24.0 Å². The van der Waals surface area contributed by atoms with Gasteiger partial charge in [-0.05, 0) is 25.7 Å². The van der Waals surface area contributed by atoms with Gasteiger partial charge in [0.25, 0.3) is 0 Å². The molecule has 13 heteroatoms. The van der Waals surface area contributed by atoms with Gasteiger partial charge in [-0.3, -0.25) is 0 Å². The highest BCUT2D eigenvalue weighted by molar-refractivity contribution is 6.17. The predicted octanol–water partition coefficient (Wildman–Crippen LogP) is 3.18. The van der Waals surface area contributed by atoms with Crippen LogP contribution in [0.4, 0.5) is 9.59 Å². The molecule has 0 spiro atoms. The van der Waals surface area contributed by atoms with Gasteiger partial charge < -0.3 is 33.2 Å². The molecule has 0 aromatic rings. The van der Waals surface area contributed by atoms with Gasteiger partial charge in [0, 0.05) is 18.2 Å². The quantitative estimate of drug-likeness (QED) is 0.0751. The Kier molecular flexibility index (Phi) is 23.1. The lowest BCUT2D eigenvalue weighted by Gasteiger charge is -2.06. The fraction of sp³-hybridized carbons (Fsp3) is 0.476. The summed E-state index contributed by atoms with van der Waals surface area (Å²) in [4.78, 5) is 53.4. The molecule has 0 atom stereocenters. The summed E-state index contributed by atoms with van der Waals surface area (Å²) in [5.41, 5.74) is 0. The summed E-state index contributed by atoms with van der Waals surface area (Å²) in [7, 11) is 0. The summed E-state index contributed by atoms with van der Waals surface area (Å²) < 4.78 is 31.8. The zero-order valence-corrected chi connectivity index (χ0v) is 19.5. The van der Waals surface area contributed by atoms with Crippen molar-refractivity contribution in [3.63, 3.8) is 0 Å². The molecule has 192 valence electrons. The van der Waals surface area contributed by atoms with E-state index in [0.29, 0.717) is 25.7 Å². The SMILES string of the molecule is C=CC(=O)OCCCCOC(=O)OCCl.C=CC(=O)OCCCCOC(=O)OCOC(=O)C=C. The molecule has 0 aliphatic rings. The Morgan fingerprint density at radius 1 is 0.529 bits per heavy atom. The van der Waals surface area contributed by atoms with Gasteiger partial charge in [-0.1, -0.05) is 31.3 Å². The second-order valence-electron chi connectivity index (χ2n) is 5.54. The molecule has 0 saturated carbocycles. The third kappa shape index (κ3) is 24.7. The molecule has 0 amide bonds. The normalized spacial score (nSPS) is 9.09. The van der Waals surface area contributed by atoms with Gasteiger partial charge in [-0.2, -0.15) is 0 Å². The maximum absolute atomic E-state index is 10.9. The summed E-state index contributed by atoms with van der Waals surface area (Å²) in [6.45, 7) is 9.95. The lowest BCUT2D eigenvalue weighted by molar-refractivity contribution is -0.147. The third-order valence-corrected chi connectivity index (χ3v) is 3.17. The molecule has 12 nitrogen and oxygen atoms in total. The first kappa shape index (κ1) is 32.6. The molecule has 0 aromatic carbocycles. The van der Waals surface area contributed by atoms with Crippen LogP contribution in [0.5, 0.6) is 0 Å². The van der Waals surface area contributed by atoms with Crippen molar-refractivity contribution in [1.82, 2.24) is 0 Å². The van der Waals surface area contributed by atoms with Crippen molar-refractivity contribution in [3.8, 4) is 0 Å². The molecule has 0 aliphatic heterocycles. The summed E-state index contributed by atoms with van der Waals surface area (Å²) in [5, 5.41) is 0. The Labute approximate surface area is 202 Å². The van der Waals surface area contributed by atoms with Crippen LogP contribution in [0.1, 0.15) is 25.7 Å². The predicted molar refractivity (Wildman–Crippen MR) is 118 cm³/mol. The van der Waals surface area contributed by atoms with Gasteiger partial charge in [0.2, 0.25) is 6.79 Å². The molecule has 0 bridgehead atoms. The van der Waals surface area contributed by atoms with Crippen LogP contribution >= 0.6 is 11.6 Å². The summed E-state index contributed by atoms with van der Waals surface area (Å²) >= 11 is 5.12. The van der Waals surface area contributed by atoms with Crippen molar-refractivity contribution in [1.29, 1.82) is 0 Å². The Balaban J connectivity index is 0. The van der Waals surface area contributed by atoms with Gasteiger partial charge in [-0.25, -0.2) is 24.0 Å². The molecule has 0 unspecified atom stereocenters. The topological polar surface area (TPSA) is 150 Å². The number of hydrogen-bond donors (Lipinski definition) is 0. The Bertz CT molecular complexity index is 662. The van der Waals surface area contributed by atoms with E-state index in [1.807, 2.05) is 0 Å². The van der Waals surface area contributed by atoms with Crippen molar-refractivity contribution in [3.05, 3.63) is 38.0 Å². The second kappa shape index (κ2) is 24.1. The summed E-state index contributed by atoms with van der Waals surface area (Å²) in [5.74, 6) is -1.65. The monoisotopic (exact) mass is 508 g/mol. The maximum atomic E-state index is 10.9. The first-order chi connectivity index (χ1) is 16.3. The fourth-order valence-corrected chi connectivity index (χ4v) is 1.59. The molecule has 0 rings (SSSR count). The third-order valence-electron chi connectivity index (χ3n) is 3.06. The minimum Gasteiger partial charge on any atom is -0.463 e. The zero-order valence-electron chi connectivity index (χ0n) is 18.7. The summed E-state index contributed by atoms with van der Waals surface area (Å²) in [6.07, 6.45) is 3.60. The smallest absolute Gasteiger partial charge is 0.463 e. The average Bonchev–Trinajstić information content (AvgIpc) is 2.83. The Hall–Kier alpha value is -3.54. The molecule has 0 saturated heterocycles. The number of carbonyl (C=O) groups is 5. The van der Waals surface area contributed by atoms with Gasteiger partial charge in [0.15, 0.2) is 6.07 Å². The van der Waals surface area contributed by atoms with Gasteiger partial charge in [0.05, 0.1) is 26.4 Å². The van der Waals surface area contributed by atoms with E-state index in [2.05, 4.69) is 43.4 Å². The minimum atomic E-state index is -0.944. The number of halogens is 1. The highest BCUT2D eigenvalue weighted by Crippen LogP contribution is 1.96. The largest absolute Gasteiger partial charge is 0.511 e. The van der Waals surface area contributed by atoms with Crippen LogP contribution in [0, 0.1) is 0 Å². The van der Waals surface area contributed by atoms with Crippen molar-refractivity contribution in [2.45, 2.75) is 25.7 Å². The Morgan fingerprint density at radius 3 is 1.26 bits per heavy atom. The van der Waals surface area contributed by atoms with Gasteiger partial charge in [-0.15, -0.1) is 0 Å². The van der Waals surface area contributed by atoms with E-state index in [1.165, 1.54) is 0 Å². The number of hydrogen-bond acceptors (Lipinski definition) is 12. The molecular weight excluding hydrogens is 480 g/mol. The van der Waals surface area contributed by atoms with Crippen LogP contribution in [-0.4, -0.2) is 69.5 Å². The van der Waals surface area contributed by atoms with Crippen molar-refractivity contribution in [2.75, 3.05) is 39.3 Å². The molecule has 0 aliphatic carbocycles. The lowest BCUT2D eigenvalue weighted by atomic mass is 10.3. The average molecular weight is 509 g/mol. The zero-order chi connectivity index (χ0) is 26.0. The van der Waals surface area contributed by atoms with Crippen LogP contribution in [0.15, 0.2) is 38.0 Å². The van der Waals surface area contributed by atoms with Crippen molar-refractivity contribution >= 4 is 41.8 Å². The van der Waals surface area contributed by atoms with Crippen molar-refractivity contribution in [2.24, 2.45) is 0 Å². The highest BCUT2D eigenvalue weighted by atomic mass is 35.5. The molecule has 0 N–H and O–H groups in total. The van der Waals surface area contributed by atoms with Crippen LogP contribution in [0.2, 0.25) is 0 Å². The molecule has 0 fully saturated rings. The molecule has 0 radical (unpaired) electrons. The lowest BCUT2D eigenvalue weighted by Crippen LogP contribution is -2.13. The number of carbonyl (C=O) groups excluding carboxylic acids is 5. The van der Waals surface area contributed by atoms with E-state index in [-0.39, 0.29) is 32.5 Å². The van der Waals surface area contributed by atoms with Crippen LogP contribution in [0.25, 0.3) is 0 Å². The van der Waals surface area contributed by atoms with Crippen LogP contribution in [-0.2, 0) is 47.5 Å². The van der Waals surface area contributed by atoms with E-state index in [4.69, 9.17) is 21.1 Å². The number of alkyl halides is 1. The Morgan fingerprint density at radius 2 is 0.882 bits per heavy atom. The second-order valence-corrected chi connectivity index (χ2v) is 5.76. The van der Waals surface area contributed by atoms with Gasteiger partial charge >= 0.3 is 30.2 Å². The van der Waals surface area contributed by atoms with E-state index in [1.54, 1.807) is 0 Å². The van der Waals surface area contributed by atoms with Gasteiger partial charge in [0.1, 0.15) is 0 Å². The summed E-state index contributed by atoms with van der Waals surface area (Å²) in [6, 6.07) is -0.226.